The van der Waals surface area contributed by atoms with Gasteiger partial charge in [-0.3, -0.25) is 0 Å². The van der Waals surface area contributed by atoms with E-state index in [0.717, 1.165) is 5.56 Å². The van der Waals surface area contributed by atoms with Gasteiger partial charge >= 0.3 is 0 Å². The average molecular weight is 239 g/mol. The van der Waals surface area contributed by atoms with Gasteiger partial charge in [-0.15, -0.1) is 0 Å². The van der Waals surface area contributed by atoms with Crippen molar-refractivity contribution in [3.63, 3.8) is 0 Å². The van der Waals surface area contributed by atoms with Gasteiger partial charge in [-0.05, 0) is 31.4 Å². The van der Waals surface area contributed by atoms with Gasteiger partial charge in [0.2, 0.25) is 0 Å². The van der Waals surface area contributed by atoms with Crippen LogP contribution in [0.25, 0.3) is 0 Å². The maximum atomic E-state index is 11.7. The standard InChI is InChI=1S/C12H17NO2S/c1-10(2)8-9-13-16(14,15)12-6-4-11(3)5-7-12/h4-7,9-10H,8H2,1-3H3/b13-9+. The number of rotatable bonds is 4. The zero-order valence-electron chi connectivity index (χ0n) is 9.84. The summed E-state index contributed by atoms with van der Waals surface area (Å²) in [5.74, 6) is 0.414. The number of nitrogens with zero attached hydrogens (tertiary/aromatic N) is 1. The van der Waals surface area contributed by atoms with Gasteiger partial charge in [-0.2, -0.15) is 12.8 Å². The Kier molecular flexibility index (Phi) is 4.24. The van der Waals surface area contributed by atoms with Crippen LogP contribution in [0.5, 0.6) is 0 Å². The first-order chi connectivity index (χ1) is 7.42. The van der Waals surface area contributed by atoms with Gasteiger partial charge < -0.3 is 0 Å². The molecule has 0 saturated heterocycles. The average Bonchev–Trinajstić information content (AvgIpc) is 2.17. The van der Waals surface area contributed by atoms with Crippen LogP contribution in [0.4, 0.5) is 0 Å². The molecule has 16 heavy (non-hydrogen) atoms. The minimum atomic E-state index is -3.50. The highest BCUT2D eigenvalue weighted by molar-refractivity contribution is 7.90. The Labute approximate surface area is 97.3 Å². The van der Waals surface area contributed by atoms with Crippen LogP contribution in [-0.4, -0.2) is 14.6 Å². The largest absolute Gasteiger partial charge is 0.281 e. The summed E-state index contributed by atoms with van der Waals surface area (Å²) in [6.07, 6.45) is 2.14. The lowest BCUT2D eigenvalue weighted by atomic mass is 10.2. The normalized spacial score (nSPS) is 12.5. The SMILES string of the molecule is Cc1ccc(S(=O)(=O)/N=C/CC(C)C)cc1. The third-order valence-corrected chi connectivity index (χ3v) is 3.40. The second kappa shape index (κ2) is 5.25. The fourth-order valence-corrected chi connectivity index (χ4v) is 2.01. The molecule has 1 rings (SSSR count). The molecular formula is C12H17NO2S. The van der Waals surface area contributed by atoms with Gasteiger partial charge in [0.05, 0.1) is 4.90 Å². The van der Waals surface area contributed by atoms with Gasteiger partial charge in [-0.25, -0.2) is 0 Å². The lowest BCUT2D eigenvalue weighted by Crippen LogP contribution is -1.98. The van der Waals surface area contributed by atoms with Crippen LogP contribution >= 0.6 is 0 Å². The molecule has 1 aromatic rings. The molecule has 0 heterocycles. The van der Waals surface area contributed by atoms with Crippen LogP contribution in [0.15, 0.2) is 33.6 Å². The molecule has 0 atom stereocenters. The van der Waals surface area contributed by atoms with Crippen molar-refractivity contribution < 1.29 is 8.42 Å². The van der Waals surface area contributed by atoms with Gasteiger partial charge in [0, 0.05) is 6.21 Å². The van der Waals surface area contributed by atoms with Crippen LogP contribution in [0.2, 0.25) is 0 Å². The summed E-state index contributed by atoms with van der Waals surface area (Å²) in [5.41, 5.74) is 1.03. The number of aryl methyl sites for hydroxylation is 1. The van der Waals surface area contributed by atoms with Crippen LogP contribution in [0, 0.1) is 12.8 Å². The maximum absolute atomic E-state index is 11.7. The summed E-state index contributed by atoms with van der Waals surface area (Å²) in [7, 11) is -3.50. The molecule has 1 aromatic carbocycles. The lowest BCUT2D eigenvalue weighted by molar-refractivity contribution is 0.597. The van der Waals surface area contributed by atoms with E-state index in [-0.39, 0.29) is 4.90 Å². The van der Waals surface area contributed by atoms with E-state index in [1.165, 1.54) is 6.21 Å². The quantitative estimate of drug-likeness (QED) is 0.758. The van der Waals surface area contributed by atoms with Gasteiger partial charge in [0.25, 0.3) is 10.0 Å². The van der Waals surface area contributed by atoms with E-state index in [4.69, 9.17) is 0 Å². The Morgan fingerprint density at radius 3 is 2.31 bits per heavy atom. The van der Waals surface area contributed by atoms with E-state index in [1.807, 2.05) is 20.8 Å². The Morgan fingerprint density at radius 1 is 1.25 bits per heavy atom. The highest BCUT2D eigenvalue weighted by atomic mass is 32.2. The highest BCUT2D eigenvalue weighted by Crippen LogP contribution is 2.13. The Morgan fingerprint density at radius 2 is 1.81 bits per heavy atom. The Balaban J connectivity index is 2.86. The number of benzene rings is 1. The zero-order chi connectivity index (χ0) is 12.2. The molecule has 88 valence electrons. The maximum Gasteiger partial charge on any atom is 0.281 e. The van der Waals surface area contributed by atoms with Crippen molar-refractivity contribution in [3.8, 4) is 0 Å². The molecule has 0 radical (unpaired) electrons. The molecule has 0 aromatic heterocycles. The molecule has 0 bridgehead atoms. The Bertz CT molecular complexity index is 458. The molecule has 0 amide bonds. The summed E-state index contributed by atoms with van der Waals surface area (Å²) >= 11 is 0. The van der Waals surface area contributed by atoms with Crippen LogP contribution < -0.4 is 0 Å². The smallest absolute Gasteiger partial charge is 0.199 e. The van der Waals surface area contributed by atoms with Gasteiger partial charge in [0.1, 0.15) is 0 Å². The fourth-order valence-electron chi connectivity index (χ4n) is 1.12. The molecule has 0 aliphatic heterocycles. The molecule has 0 unspecified atom stereocenters. The molecule has 0 spiro atoms. The Hall–Kier alpha value is -1.16. The topological polar surface area (TPSA) is 46.5 Å². The van der Waals surface area contributed by atoms with Crippen molar-refractivity contribution in [3.05, 3.63) is 29.8 Å². The van der Waals surface area contributed by atoms with E-state index < -0.39 is 10.0 Å². The minimum absolute atomic E-state index is 0.248. The first-order valence-corrected chi connectivity index (χ1v) is 6.71. The third-order valence-electron chi connectivity index (χ3n) is 2.11. The minimum Gasteiger partial charge on any atom is -0.199 e. The molecule has 3 nitrogen and oxygen atoms in total. The molecular weight excluding hydrogens is 222 g/mol. The monoisotopic (exact) mass is 239 g/mol. The van der Waals surface area contributed by atoms with Crippen LogP contribution in [0.1, 0.15) is 25.8 Å². The summed E-state index contributed by atoms with van der Waals surface area (Å²) in [6, 6.07) is 6.70. The number of sulfonamides is 1. The third kappa shape index (κ3) is 3.77. The zero-order valence-corrected chi connectivity index (χ0v) is 10.7. The predicted molar refractivity (Wildman–Crippen MR) is 66.3 cm³/mol. The van der Waals surface area contributed by atoms with Crippen molar-refractivity contribution >= 4 is 16.2 Å². The molecule has 0 aliphatic rings. The van der Waals surface area contributed by atoms with Crippen molar-refractivity contribution in [2.24, 2.45) is 10.3 Å². The summed E-state index contributed by atoms with van der Waals surface area (Å²) in [4.78, 5) is 0.248. The predicted octanol–water partition coefficient (Wildman–Crippen LogP) is 2.80. The first-order valence-electron chi connectivity index (χ1n) is 5.27. The summed E-state index contributed by atoms with van der Waals surface area (Å²) < 4.78 is 27.1. The summed E-state index contributed by atoms with van der Waals surface area (Å²) in [6.45, 7) is 5.95. The van der Waals surface area contributed by atoms with Crippen LogP contribution in [-0.2, 0) is 10.0 Å². The van der Waals surface area contributed by atoms with Crippen molar-refractivity contribution in [2.75, 3.05) is 0 Å². The number of hydrogen-bond acceptors (Lipinski definition) is 2. The second-order valence-electron chi connectivity index (χ2n) is 4.21. The summed E-state index contributed by atoms with van der Waals surface area (Å²) in [5, 5.41) is 0. The molecule has 0 N–H and O–H groups in total. The van der Waals surface area contributed by atoms with Crippen molar-refractivity contribution in [1.82, 2.24) is 0 Å². The lowest BCUT2D eigenvalue weighted by Gasteiger charge is -2.00. The van der Waals surface area contributed by atoms with Crippen molar-refractivity contribution in [1.29, 1.82) is 0 Å². The number of hydrogen-bond donors (Lipinski definition) is 0. The highest BCUT2D eigenvalue weighted by Gasteiger charge is 2.10. The van der Waals surface area contributed by atoms with Gasteiger partial charge in [0.15, 0.2) is 0 Å². The van der Waals surface area contributed by atoms with E-state index in [0.29, 0.717) is 12.3 Å². The second-order valence-corrected chi connectivity index (χ2v) is 5.84. The van der Waals surface area contributed by atoms with E-state index in [2.05, 4.69) is 4.40 Å². The first kappa shape index (κ1) is 12.9. The van der Waals surface area contributed by atoms with Crippen molar-refractivity contribution in [2.45, 2.75) is 32.1 Å². The molecule has 0 fully saturated rings. The van der Waals surface area contributed by atoms with E-state index in [9.17, 15) is 8.42 Å². The molecule has 0 saturated carbocycles. The van der Waals surface area contributed by atoms with E-state index >= 15 is 0 Å². The van der Waals surface area contributed by atoms with Gasteiger partial charge in [-0.1, -0.05) is 31.5 Å². The molecule has 4 heteroatoms. The van der Waals surface area contributed by atoms with Crippen LogP contribution in [0.3, 0.4) is 0 Å². The van der Waals surface area contributed by atoms with E-state index in [1.54, 1.807) is 24.3 Å². The fraction of sp³-hybridized carbons (Fsp3) is 0.417. The molecule has 0 aliphatic carbocycles.